The Balaban J connectivity index is 0.00000240. The predicted molar refractivity (Wildman–Crippen MR) is 130 cm³/mol. The summed E-state index contributed by atoms with van der Waals surface area (Å²) in [4.78, 5) is 12.3. The van der Waals surface area contributed by atoms with Crippen molar-refractivity contribution in [3.8, 4) is 0 Å². The number of nitrogens with zero attached hydrogens (tertiary/aromatic N) is 3. The van der Waals surface area contributed by atoms with Crippen LogP contribution in [0.4, 0.5) is 0 Å². The van der Waals surface area contributed by atoms with Gasteiger partial charge >= 0.3 is 0 Å². The summed E-state index contributed by atoms with van der Waals surface area (Å²) >= 11 is 0. The van der Waals surface area contributed by atoms with E-state index in [2.05, 4.69) is 63.1 Å². The van der Waals surface area contributed by atoms with Gasteiger partial charge in [-0.05, 0) is 42.7 Å². The number of aromatic amines is 1. The first kappa shape index (κ1) is 21.2. The van der Waals surface area contributed by atoms with Gasteiger partial charge in [0.2, 0.25) is 0 Å². The Bertz CT molecular complexity index is 1080. The minimum absolute atomic E-state index is 0. The number of nitrogens with one attached hydrogen (secondary N) is 3. The molecule has 0 aliphatic heterocycles. The molecule has 0 aliphatic carbocycles. The smallest absolute Gasteiger partial charge is 0.190 e. The number of guanidine groups is 1. The van der Waals surface area contributed by atoms with E-state index in [-0.39, 0.29) is 24.0 Å². The summed E-state index contributed by atoms with van der Waals surface area (Å²) in [6.07, 6.45) is 7.99. The second kappa shape index (κ2) is 9.78. The number of rotatable bonds is 6. The normalized spacial score (nSPS) is 11.6. The van der Waals surface area contributed by atoms with Gasteiger partial charge in [0.25, 0.3) is 0 Å². The van der Waals surface area contributed by atoms with E-state index in [9.17, 15) is 0 Å². The van der Waals surface area contributed by atoms with Crippen molar-refractivity contribution in [3.63, 3.8) is 0 Å². The van der Waals surface area contributed by atoms with E-state index in [0.29, 0.717) is 0 Å². The van der Waals surface area contributed by atoms with E-state index in [1.165, 1.54) is 22.0 Å². The highest BCUT2D eigenvalue weighted by Gasteiger charge is 2.05. The fourth-order valence-corrected chi connectivity index (χ4v) is 3.46. The maximum absolute atomic E-state index is 4.63. The first-order valence-electron chi connectivity index (χ1n) is 9.66. The zero-order chi connectivity index (χ0) is 19.3. The number of aliphatic imine (C=N–C) groups is 1. The van der Waals surface area contributed by atoms with Crippen LogP contribution in [0.2, 0.25) is 0 Å². The number of H-pyrrole nitrogens is 1. The highest BCUT2D eigenvalue weighted by atomic mass is 127. The van der Waals surface area contributed by atoms with Crippen LogP contribution >= 0.6 is 24.0 Å². The first-order chi connectivity index (χ1) is 13.7. The Hall–Kier alpha value is -2.55. The Morgan fingerprint density at radius 2 is 1.97 bits per heavy atom. The average Bonchev–Trinajstić information content (AvgIpc) is 3.30. The molecule has 0 radical (unpaired) electrons. The lowest BCUT2D eigenvalue weighted by Crippen LogP contribution is -2.39. The SMILES string of the molecule is CN=C(NCCc1cn2ccccc2n1)NCCc1c[nH]c2cc(C)ccc12.I. The molecule has 3 heterocycles. The van der Waals surface area contributed by atoms with Gasteiger partial charge in [-0.3, -0.25) is 4.99 Å². The number of benzene rings is 1. The second-order valence-electron chi connectivity index (χ2n) is 6.99. The van der Waals surface area contributed by atoms with Crippen LogP contribution in [-0.2, 0) is 12.8 Å². The lowest BCUT2D eigenvalue weighted by atomic mass is 10.1. The molecule has 0 bridgehead atoms. The number of imidazole rings is 1. The molecule has 29 heavy (non-hydrogen) atoms. The molecule has 7 heteroatoms. The number of aryl methyl sites for hydroxylation is 1. The molecule has 0 fully saturated rings. The Morgan fingerprint density at radius 3 is 2.76 bits per heavy atom. The molecule has 4 rings (SSSR count). The molecule has 0 atom stereocenters. The highest BCUT2D eigenvalue weighted by Crippen LogP contribution is 2.19. The van der Waals surface area contributed by atoms with Crippen molar-refractivity contribution < 1.29 is 0 Å². The summed E-state index contributed by atoms with van der Waals surface area (Å²) in [6.45, 7) is 3.73. The number of hydrogen-bond acceptors (Lipinski definition) is 2. The summed E-state index contributed by atoms with van der Waals surface area (Å²) in [5, 5.41) is 8.06. The summed E-state index contributed by atoms with van der Waals surface area (Å²) in [6, 6.07) is 12.6. The summed E-state index contributed by atoms with van der Waals surface area (Å²) < 4.78 is 2.05. The van der Waals surface area contributed by atoms with Crippen LogP contribution in [0, 0.1) is 6.92 Å². The number of aromatic nitrogens is 3. The van der Waals surface area contributed by atoms with Gasteiger partial charge in [-0.15, -0.1) is 24.0 Å². The first-order valence-corrected chi connectivity index (χ1v) is 9.66. The van der Waals surface area contributed by atoms with Crippen LogP contribution in [0.3, 0.4) is 0 Å². The molecule has 6 nitrogen and oxygen atoms in total. The van der Waals surface area contributed by atoms with Gasteiger partial charge in [0, 0.05) is 56.1 Å². The Labute approximate surface area is 187 Å². The molecule has 3 aromatic heterocycles. The molecule has 0 saturated carbocycles. The van der Waals surface area contributed by atoms with E-state index in [1.807, 2.05) is 28.8 Å². The molecule has 0 saturated heterocycles. The van der Waals surface area contributed by atoms with Gasteiger partial charge in [0.1, 0.15) is 5.65 Å². The van der Waals surface area contributed by atoms with Crippen LogP contribution in [0.25, 0.3) is 16.6 Å². The number of hydrogen-bond donors (Lipinski definition) is 3. The molecule has 0 aliphatic rings. The van der Waals surface area contributed by atoms with Crippen LogP contribution in [-0.4, -0.2) is 40.5 Å². The summed E-state index contributed by atoms with van der Waals surface area (Å²) in [7, 11) is 1.80. The predicted octanol–water partition coefficient (Wildman–Crippen LogP) is 3.69. The minimum Gasteiger partial charge on any atom is -0.361 e. The summed E-state index contributed by atoms with van der Waals surface area (Å²) in [5.74, 6) is 0.819. The summed E-state index contributed by atoms with van der Waals surface area (Å²) in [5.41, 5.74) is 5.85. The van der Waals surface area contributed by atoms with E-state index >= 15 is 0 Å². The van der Waals surface area contributed by atoms with Crippen molar-refractivity contribution in [2.75, 3.05) is 20.1 Å². The van der Waals surface area contributed by atoms with Crippen LogP contribution < -0.4 is 10.6 Å². The van der Waals surface area contributed by atoms with Gasteiger partial charge in [-0.2, -0.15) is 0 Å². The molecule has 0 amide bonds. The van der Waals surface area contributed by atoms with E-state index in [1.54, 1.807) is 7.05 Å². The third kappa shape index (κ3) is 5.09. The van der Waals surface area contributed by atoms with E-state index in [0.717, 1.165) is 43.2 Å². The topological polar surface area (TPSA) is 69.5 Å². The van der Waals surface area contributed by atoms with Gasteiger partial charge < -0.3 is 20.0 Å². The molecule has 4 aromatic rings. The van der Waals surface area contributed by atoms with Crippen molar-refractivity contribution in [2.45, 2.75) is 19.8 Å². The molecule has 152 valence electrons. The van der Waals surface area contributed by atoms with Crippen molar-refractivity contribution >= 4 is 46.5 Å². The molecule has 3 N–H and O–H groups in total. The van der Waals surface area contributed by atoms with Crippen LogP contribution in [0.15, 0.2) is 60.0 Å². The third-order valence-electron chi connectivity index (χ3n) is 4.92. The number of fused-ring (bicyclic) bond motifs is 2. The zero-order valence-electron chi connectivity index (χ0n) is 16.8. The molecular formula is C22H27IN6. The number of halogens is 1. The average molecular weight is 502 g/mol. The fraction of sp³-hybridized carbons (Fsp3) is 0.273. The Morgan fingerprint density at radius 1 is 1.14 bits per heavy atom. The number of pyridine rings is 1. The largest absolute Gasteiger partial charge is 0.361 e. The van der Waals surface area contributed by atoms with Gasteiger partial charge in [0.05, 0.1) is 5.69 Å². The van der Waals surface area contributed by atoms with Gasteiger partial charge in [-0.1, -0.05) is 18.2 Å². The third-order valence-corrected chi connectivity index (χ3v) is 4.92. The molecular weight excluding hydrogens is 475 g/mol. The van der Waals surface area contributed by atoms with Crippen molar-refractivity contribution in [1.82, 2.24) is 25.0 Å². The van der Waals surface area contributed by atoms with Crippen molar-refractivity contribution in [2.24, 2.45) is 4.99 Å². The van der Waals surface area contributed by atoms with Crippen LogP contribution in [0.5, 0.6) is 0 Å². The highest BCUT2D eigenvalue weighted by molar-refractivity contribution is 14.0. The van der Waals surface area contributed by atoms with Gasteiger partial charge in [0.15, 0.2) is 5.96 Å². The van der Waals surface area contributed by atoms with Crippen molar-refractivity contribution in [3.05, 3.63) is 71.8 Å². The van der Waals surface area contributed by atoms with Gasteiger partial charge in [-0.25, -0.2) is 4.98 Å². The lowest BCUT2D eigenvalue weighted by molar-refractivity contribution is 0.779. The lowest BCUT2D eigenvalue weighted by Gasteiger charge is -2.11. The fourth-order valence-electron chi connectivity index (χ4n) is 3.46. The quantitative estimate of drug-likeness (QED) is 0.214. The maximum atomic E-state index is 4.63. The standard InChI is InChI=1S/C22H26N6.HI/c1-16-6-7-19-17(14-26-20(19)13-16)8-10-24-22(23-2)25-11-9-18-15-28-12-4-3-5-21(28)27-18;/h3-7,12-15,26H,8-11H2,1-2H3,(H2,23,24,25);1H. The van der Waals surface area contributed by atoms with Crippen molar-refractivity contribution in [1.29, 1.82) is 0 Å². The monoisotopic (exact) mass is 502 g/mol. The second-order valence-corrected chi connectivity index (χ2v) is 6.99. The maximum Gasteiger partial charge on any atom is 0.190 e. The van der Waals surface area contributed by atoms with E-state index in [4.69, 9.17) is 0 Å². The molecule has 0 unspecified atom stereocenters. The Kier molecular flexibility index (Phi) is 7.13. The molecule has 0 spiro atoms. The molecule has 1 aromatic carbocycles. The minimum atomic E-state index is 0. The van der Waals surface area contributed by atoms with E-state index < -0.39 is 0 Å². The van der Waals surface area contributed by atoms with Crippen LogP contribution in [0.1, 0.15) is 16.8 Å². The zero-order valence-corrected chi connectivity index (χ0v) is 19.1.